The molecule has 1 aromatic heterocycles. The van der Waals surface area contributed by atoms with E-state index in [-0.39, 0.29) is 0 Å². The number of aromatic nitrogens is 2. The van der Waals surface area contributed by atoms with Crippen LogP contribution in [0.5, 0.6) is 0 Å². The first-order chi connectivity index (χ1) is 7.28. The minimum absolute atomic E-state index is 0.496. The van der Waals surface area contributed by atoms with E-state index in [0.717, 1.165) is 22.7 Å². The average molecular weight is 241 g/mol. The van der Waals surface area contributed by atoms with E-state index >= 15 is 0 Å². The van der Waals surface area contributed by atoms with Gasteiger partial charge in [0.25, 0.3) is 0 Å². The van der Waals surface area contributed by atoms with Crippen LogP contribution < -0.4 is 0 Å². The number of benzene rings is 1. The molecule has 0 N–H and O–H groups in total. The molecular formula is C11H10Cl2N2. The van der Waals surface area contributed by atoms with Gasteiger partial charge in [0.2, 0.25) is 0 Å². The number of hydrogen-bond donors (Lipinski definition) is 0. The molecule has 2 aromatic rings. The summed E-state index contributed by atoms with van der Waals surface area (Å²) in [6.07, 6.45) is 3.71. The van der Waals surface area contributed by atoms with Crippen LogP contribution in [0.2, 0.25) is 5.02 Å². The molecule has 0 aliphatic carbocycles. The zero-order chi connectivity index (χ0) is 10.7. The summed E-state index contributed by atoms with van der Waals surface area (Å²) < 4.78 is 1.85. The highest BCUT2D eigenvalue weighted by Crippen LogP contribution is 2.12. The number of nitrogens with zero attached hydrogens (tertiary/aromatic N) is 2. The van der Waals surface area contributed by atoms with Crippen molar-refractivity contribution in [2.24, 2.45) is 0 Å². The first-order valence-corrected chi connectivity index (χ1v) is 5.51. The van der Waals surface area contributed by atoms with Crippen molar-refractivity contribution in [2.45, 2.75) is 12.4 Å². The van der Waals surface area contributed by atoms with Crippen molar-refractivity contribution >= 4 is 23.2 Å². The van der Waals surface area contributed by atoms with E-state index in [1.807, 2.05) is 35.1 Å². The summed E-state index contributed by atoms with van der Waals surface area (Å²) in [7, 11) is 0. The van der Waals surface area contributed by atoms with Crippen LogP contribution in [0.1, 0.15) is 11.1 Å². The third-order valence-electron chi connectivity index (χ3n) is 2.07. The van der Waals surface area contributed by atoms with Crippen LogP contribution in [0.25, 0.3) is 0 Å². The number of hydrogen-bond acceptors (Lipinski definition) is 1. The molecule has 0 bridgehead atoms. The minimum atomic E-state index is 0.496. The highest BCUT2D eigenvalue weighted by atomic mass is 35.5. The molecule has 2 nitrogen and oxygen atoms in total. The first kappa shape index (κ1) is 10.5. The Morgan fingerprint density at radius 3 is 2.80 bits per heavy atom. The summed E-state index contributed by atoms with van der Waals surface area (Å²) >= 11 is 11.6. The van der Waals surface area contributed by atoms with Gasteiger partial charge in [0.1, 0.15) is 0 Å². The van der Waals surface area contributed by atoms with E-state index in [9.17, 15) is 0 Å². The quantitative estimate of drug-likeness (QED) is 0.753. The van der Waals surface area contributed by atoms with Crippen molar-refractivity contribution < 1.29 is 0 Å². The van der Waals surface area contributed by atoms with Gasteiger partial charge < -0.3 is 0 Å². The van der Waals surface area contributed by atoms with Crippen molar-refractivity contribution in [1.82, 2.24) is 9.78 Å². The lowest BCUT2D eigenvalue weighted by atomic mass is 10.2. The maximum Gasteiger partial charge on any atom is 0.0660 e. The van der Waals surface area contributed by atoms with E-state index in [2.05, 4.69) is 5.10 Å². The molecule has 0 radical (unpaired) electrons. The Balaban J connectivity index is 2.14. The van der Waals surface area contributed by atoms with E-state index in [0.29, 0.717) is 5.88 Å². The summed E-state index contributed by atoms with van der Waals surface area (Å²) in [6, 6.07) is 7.75. The molecule has 0 saturated heterocycles. The molecule has 78 valence electrons. The van der Waals surface area contributed by atoms with E-state index in [1.54, 1.807) is 6.20 Å². The van der Waals surface area contributed by atoms with E-state index < -0.39 is 0 Å². The Morgan fingerprint density at radius 1 is 1.27 bits per heavy atom. The molecule has 0 aliphatic heterocycles. The van der Waals surface area contributed by atoms with Gasteiger partial charge in [-0.15, -0.1) is 11.6 Å². The maximum atomic E-state index is 5.89. The summed E-state index contributed by atoms with van der Waals surface area (Å²) in [5.74, 6) is 0.496. The Morgan fingerprint density at radius 2 is 2.13 bits per heavy atom. The van der Waals surface area contributed by atoms with Crippen LogP contribution in [0.4, 0.5) is 0 Å². The fourth-order valence-electron chi connectivity index (χ4n) is 1.38. The van der Waals surface area contributed by atoms with Gasteiger partial charge in [0.15, 0.2) is 0 Å². The molecule has 0 fully saturated rings. The summed E-state index contributed by atoms with van der Waals surface area (Å²) in [4.78, 5) is 0. The smallest absolute Gasteiger partial charge is 0.0660 e. The van der Waals surface area contributed by atoms with Gasteiger partial charge in [-0.3, -0.25) is 4.68 Å². The minimum Gasteiger partial charge on any atom is -0.268 e. The SMILES string of the molecule is ClCc1cnn(Cc2cccc(Cl)c2)c1. The molecule has 0 spiro atoms. The van der Waals surface area contributed by atoms with Crippen molar-refractivity contribution in [1.29, 1.82) is 0 Å². The van der Waals surface area contributed by atoms with Gasteiger partial charge in [-0.1, -0.05) is 23.7 Å². The van der Waals surface area contributed by atoms with E-state index in [1.165, 1.54) is 0 Å². The Hall–Kier alpha value is -0.990. The van der Waals surface area contributed by atoms with Crippen LogP contribution >= 0.6 is 23.2 Å². The summed E-state index contributed by atoms with van der Waals surface area (Å²) in [5.41, 5.74) is 2.16. The van der Waals surface area contributed by atoms with Crippen molar-refractivity contribution in [2.75, 3.05) is 0 Å². The Bertz CT molecular complexity index is 451. The molecule has 15 heavy (non-hydrogen) atoms. The van der Waals surface area contributed by atoms with Gasteiger partial charge in [0, 0.05) is 16.8 Å². The molecular weight excluding hydrogens is 231 g/mol. The lowest BCUT2D eigenvalue weighted by Crippen LogP contribution is -1.99. The van der Waals surface area contributed by atoms with Gasteiger partial charge in [-0.25, -0.2) is 0 Å². The molecule has 2 rings (SSSR count). The molecule has 0 amide bonds. The molecule has 4 heteroatoms. The third kappa shape index (κ3) is 2.74. The lowest BCUT2D eigenvalue weighted by Gasteiger charge is -2.01. The normalized spacial score (nSPS) is 10.5. The molecule has 1 heterocycles. The largest absolute Gasteiger partial charge is 0.268 e. The van der Waals surface area contributed by atoms with Crippen LogP contribution in [-0.2, 0) is 12.4 Å². The highest BCUT2D eigenvalue weighted by Gasteiger charge is 1.99. The predicted molar refractivity (Wildman–Crippen MR) is 62.3 cm³/mol. The van der Waals surface area contributed by atoms with Crippen LogP contribution in [0.3, 0.4) is 0 Å². The monoisotopic (exact) mass is 240 g/mol. The fourth-order valence-corrected chi connectivity index (χ4v) is 1.74. The third-order valence-corrected chi connectivity index (χ3v) is 2.62. The molecule has 0 aliphatic rings. The average Bonchev–Trinajstić information content (AvgIpc) is 2.65. The second kappa shape index (κ2) is 4.69. The second-order valence-electron chi connectivity index (χ2n) is 3.31. The standard InChI is InChI=1S/C11H10Cl2N2/c12-5-10-6-14-15(8-10)7-9-2-1-3-11(13)4-9/h1-4,6,8H,5,7H2. The zero-order valence-corrected chi connectivity index (χ0v) is 9.54. The first-order valence-electron chi connectivity index (χ1n) is 4.59. The highest BCUT2D eigenvalue weighted by molar-refractivity contribution is 6.30. The van der Waals surface area contributed by atoms with Gasteiger partial charge >= 0.3 is 0 Å². The fraction of sp³-hybridized carbons (Fsp3) is 0.182. The molecule has 0 atom stereocenters. The lowest BCUT2D eigenvalue weighted by molar-refractivity contribution is 0.686. The maximum absolute atomic E-state index is 5.89. The summed E-state index contributed by atoms with van der Waals surface area (Å²) in [6.45, 7) is 0.720. The second-order valence-corrected chi connectivity index (χ2v) is 4.01. The van der Waals surface area contributed by atoms with Crippen LogP contribution in [0, 0.1) is 0 Å². The van der Waals surface area contributed by atoms with E-state index in [4.69, 9.17) is 23.2 Å². The molecule has 1 aromatic carbocycles. The topological polar surface area (TPSA) is 17.8 Å². The van der Waals surface area contributed by atoms with Crippen molar-refractivity contribution in [3.05, 3.63) is 52.8 Å². The van der Waals surface area contributed by atoms with Crippen molar-refractivity contribution in [3.63, 3.8) is 0 Å². The van der Waals surface area contributed by atoms with Crippen LogP contribution in [0.15, 0.2) is 36.7 Å². The summed E-state index contributed by atoms with van der Waals surface area (Å²) in [5, 5.41) is 4.95. The number of rotatable bonds is 3. The molecule has 0 unspecified atom stereocenters. The number of alkyl halides is 1. The number of halogens is 2. The Kier molecular flexibility index (Phi) is 3.29. The molecule has 0 saturated carbocycles. The van der Waals surface area contributed by atoms with Gasteiger partial charge in [-0.2, -0.15) is 5.10 Å². The van der Waals surface area contributed by atoms with Crippen molar-refractivity contribution in [3.8, 4) is 0 Å². The van der Waals surface area contributed by atoms with Crippen LogP contribution in [-0.4, -0.2) is 9.78 Å². The van der Waals surface area contributed by atoms with Gasteiger partial charge in [-0.05, 0) is 17.7 Å². The zero-order valence-electron chi connectivity index (χ0n) is 8.03. The van der Waals surface area contributed by atoms with Gasteiger partial charge in [0.05, 0.1) is 18.6 Å². The predicted octanol–water partition coefficient (Wildman–Crippen LogP) is 3.32. The Labute approximate surface area is 98.4 Å².